The van der Waals surface area contributed by atoms with Crippen LogP contribution in [-0.2, 0) is 22.6 Å². The molecule has 4 rings (SSSR count). The Balaban J connectivity index is 1.21. The summed E-state index contributed by atoms with van der Waals surface area (Å²) in [6.07, 6.45) is 3.90. The van der Waals surface area contributed by atoms with Gasteiger partial charge in [0.1, 0.15) is 0 Å². The Morgan fingerprint density at radius 2 is 1.70 bits per heavy atom. The molecule has 3 heterocycles. The number of benzene rings is 1. The van der Waals surface area contributed by atoms with Crippen LogP contribution in [0.4, 0.5) is 0 Å². The summed E-state index contributed by atoms with van der Waals surface area (Å²) in [5.74, 6) is 1.85. The topological polar surface area (TPSA) is 84.5 Å². The molecule has 0 atom stereocenters. The summed E-state index contributed by atoms with van der Waals surface area (Å²) < 4.78 is 7.38. The van der Waals surface area contributed by atoms with Crippen molar-refractivity contribution in [2.45, 2.75) is 37.9 Å². The summed E-state index contributed by atoms with van der Waals surface area (Å²) in [5, 5.41) is 9.16. The molecule has 9 heteroatoms. The van der Waals surface area contributed by atoms with E-state index in [2.05, 4.69) is 22.3 Å². The molecule has 1 aromatic carbocycles. The molecule has 0 saturated carbocycles. The summed E-state index contributed by atoms with van der Waals surface area (Å²) in [7, 11) is 0. The van der Waals surface area contributed by atoms with E-state index in [0.717, 1.165) is 12.8 Å². The predicted molar refractivity (Wildman–Crippen MR) is 127 cm³/mol. The fourth-order valence-electron chi connectivity index (χ4n) is 3.94. The molecule has 2 amide bonds. The molecule has 174 valence electrons. The Hall–Kier alpha value is -3.07. The lowest BCUT2D eigenvalue weighted by molar-refractivity contribution is -0.138. The Bertz CT molecular complexity index is 1040. The second-order valence-electron chi connectivity index (χ2n) is 7.92. The van der Waals surface area contributed by atoms with Crippen LogP contribution in [0.5, 0.6) is 0 Å². The number of hydrogen-bond acceptors (Lipinski definition) is 6. The van der Waals surface area contributed by atoms with Crippen LogP contribution in [0.3, 0.4) is 0 Å². The summed E-state index contributed by atoms with van der Waals surface area (Å²) >= 11 is 1.38. The highest BCUT2D eigenvalue weighted by atomic mass is 32.2. The monoisotopic (exact) mass is 467 g/mol. The fourth-order valence-corrected chi connectivity index (χ4v) is 4.84. The van der Waals surface area contributed by atoms with Crippen LogP contribution in [0.1, 0.15) is 25.3 Å². The molecule has 1 fully saturated rings. The lowest BCUT2D eigenvalue weighted by Gasteiger charge is -2.34. The minimum atomic E-state index is 0.0568. The van der Waals surface area contributed by atoms with Gasteiger partial charge in [-0.3, -0.25) is 14.2 Å². The first kappa shape index (κ1) is 23.1. The van der Waals surface area contributed by atoms with E-state index < -0.39 is 0 Å². The maximum absolute atomic E-state index is 12.7. The Morgan fingerprint density at radius 3 is 2.36 bits per heavy atom. The first-order valence-corrected chi connectivity index (χ1v) is 12.3. The molecule has 1 saturated heterocycles. The normalized spacial score (nSPS) is 14.0. The van der Waals surface area contributed by atoms with Gasteiger partial charge in [0.05, 0.1) is 12.0 Å². The van der Waals surface area contributed by atoms with E-state index in [4.69, 9.17) is 4.42 Å². The number of piperazine rings is 1. The zero-order chi connectivity index (χ0) is 23.0. The number of aromatic nitrogens is 3. The minimum absolute atomic E-state index is 0.0568. The lowest BCUT2D eigenvalue weighted by atomic mass is 10.1. The molecule has 3 aromatic rings. The van der Waals surface area contributed by atoms with Gasteiger partial charge >= 0.3 is 0 Å². The third-order valence-corrected chi connectivity index (χ3v) is 6.73. The zero-order valence-corrected chi connectivity index (χ0v) is 19.7. The van der Waals surface area contributed by atoms with Crippen molar-refractivity contribution in [1.29, 1.82) is 0 Å². The van der Waals surface area contributed by atoms with E-state index in [9.17, 15) is 9.59 Å². The molecule has 8 nitrogen and oxygen atoms in total. The van der Waals surface area contributed by atoms with Crippen molar-refractivity contribution in [2.24, 2.45) is 0 Å². The number of carbonyl (C=O) groups excluding carboxylic acids is 2. The average Bonchev–Trinajstić information content (AvgIpc) is 3.53. The van der Waals surface area contributed by atoms with Crippen LogP contribution in [0.2, 0.25) is 0 Å². The van der Waals surface area contributed by atoms with Crippen molar-refractivity contribution in [3.8, 4) is 11.6 Å². The maximum Gasteiger partial charge on any atom is 0.233 e. The molecule has 0 aliphatic carbocycles. The van der Waals surface area contributed by atoms with Gasteiger partial charge in [-0.15, -0.1) is 10.2 Å². The van der Waals surface area contributed by atoms with Crippen molar-refractivity contribution < 1.29 is 14.0 Å². The molecule has 0 radical (unpaired) electrons. The molecule has 33 heavy (non-hydrogen) atoms. The number of aryl methyl sites for hydroxylation is 1. The van der Waals surface area contributed by atoms with Gasteiger partial charge in [0.15, 0.2) is 16.7 Å². The molecule has 0 N–H and O–H groups in total. The highest BCUT2D eigenvalue weighted by molar-refractivity contribution is 7.99. The second kappa shape index (κ2) is 11.2. The van der Waals surface area contributed by atoms with Gasteiger partial charge < -0.3 is 14.2 Å². The second-order valence-corrected chi connectivity index (χ2v) is 8.86. The van der Waals surface area contributed by atoms with Crippen LogP contribution in [0.15, 0.2) is 58.3 Å². The SMILES string of the molecule is CCn1c(SCC(=O)N2CCN(C(=O)CCCc3ccccc3)CC2)nnc1-c1ccco1. The molecule has 0 spiro atoms. The van der Waals surface area contributed by atoms with Gasteiger partial charge in [-0.25, -0.2) is 0 Å². The summed E-state index contributed by atoms with van der Waals surface area (Å²) in [4.78, 5) is 29.0. The van der Waals surface area contributed by atoms with Gasteiger partial charge in [0, 0.05) is 39.1 Å². The predicted octanol–water partition coefficient (Wildman–Crippen LogP) is 3.34. The van der Waals surface area contributed by atoms with Gasteiger partial charge in [-0.2, -0.15) is 0 Å². The van der Waals surface area contributed by atoms with E-state index in [1.807, 2.05) is 51.6 Å². The summed E-state index contributed by atoms with van der Waals surface area (Å²) in [6.45, 7) is 5.02. The molecule has 0 bridgehead atoms. The van der Waals surface area contributed by atoms with Crippen LogP contribution in [-0.4, -0.2) is 68.3 Å². The highest BCUT2D eigenvalue weighted by Gasteiger charge is 2.24. The smallest absolute Gasteiger partial charge is 0.233 e. The quantitative estimate of drug-likeness (QED) is 0.449. The van der Waals surface area contributed by atoms with E-state index in [1.54, 1.807) is 6.26 Å². The van der Waals surface area contributed by atoms with Crippen LogP contribution < -0.4 is 0 Å². The number of hydrogen-bond donors (Lipinski definition) is 0. The molecular formula is C24H29N5O3S. The third-order valence-electron chi connectivity index (χ3n) is 5.78. The Kier molecular flexibility index (Phi) is 7.83. The number of thioether (sulfide) groups is 1. The van der Waals surface area contributed by atoms with E-state index in [1.165, 1.54) is 17.3 Å². The minimum Gasteiger partial charge on any atom is -0.461 e. The van der Waals surface area contributed by atoms with Crippen LogP contribution in [0, 0.1) is 0 Å². The molecule has 1 aliphatic heterocycles. The van der Waals surface area contributed by atoms with Crippen molar-refractivity contribution in [2.75, 3.05) is 31.9 Å². The lowest BCUT2D eigenvalue weighted by Crippen LogP contribution is -2.51. The van der Waals surface area contributed by atoms with E-state index >= 15 is 0 Å². The molecular weight excluding hydrogens is 438 g/mol. The van der Waals surface area contributed by atoms with E-state index in [0.29, 0.717) is 61.6 Å². The van der Waals surface area contributed by atoms with Gasteiger partial charge in [0.2, 0.25) is 11.8 Å². The Labute approximate surface area is 198 Å². The number of carbonyl (C=O) groups is 2. The summed E-state index contributed by atoms with van der Waals surface area (Å²) in [6, 6.07) is 13.9. The number of furan rings is 1. The Morgan fingerprint density at radius 1 is 0.970 bits per heavy atom. The summed E-state index contributed by atoms with van der Waals surface area (Å²) in [5.41, 5.74) is 1.26. The van der Waals surface area contributed by atoms with Crippen molar-refractivity contribution in [3.05, 3.63) is 54.3 Å². The van der Waals surface area contributed by atoms with Crippen LogP contribution in [0.25, 0.3) is 11.6 Å². The number of amides is 2. The number of rotatable bonds is 9. The third kappa shape index (κ3) is 5.84. The standard InChI is InChI=1S/C24H29N5O3S/c1-2-29-23(20-11-7-17-32-20)25-26-24(29)33-18-22(31)28-15-13-27(14-16-28)21(30)12-6-10-19-8-4-3-5-9-19/h3-5,7-9,11,17H,2,6,10,12-16,18H2,1H3. The molecule has 1 aliphatic rings. The molecule has 2 aromatic heterocycles. The first-order chi connectivity index (χ1) is 16.2. The zero-order valence-electron chi connectivity index (χ0n) is 18.9. The van der Waals surface area contributed by atoms with Crippen molar-refractivity contribution in [3.63, 3.8) is 0 Å². The number of nitrogens with zero attached hydrogens (tertiary/aromatic N) is 5. The van der Waals surface area contributed by atoms with Gasteiger partial charge in [-0.05, 0) is 37.5 Å². The van der Waals surface area contributed by atoms with Crippen molar-refractivity contribution >= 4 is 23.6 Å². The van der Waals surface area contributed by atoms with Crippen LogP contribution >= 0.6 is 11.8 Å². The largest absolute Gasteiger partial charge is 0.461 e. The average molecular weight is 468 g/mol. The van der Waals surface area contributed by atoms with Crippen molar-refractivity contribution in [1.82, 2.24) is 24.6 Å². The van der Waals surface area contributed by atoms with E-state index in [-0.39, 0.29) is 11.8 Å². The maximum atomic E-state index is 12.7. The fraction of sp³-hybridized carbons (Fsp3) is 0.417. The van der Waals surface area contributed by atoms with Gasteiger partial charge in [0.25, 0.3) is 0 Å². The van der Waals surface area contributed by atoms with Gasteiger partial charge in [-0.1, -0.05) is 42.1 Å². The highest BCUT2D eigenvalue weighted by Crippen LogP contribution is 2.24. The molecule has 0 unspecified atom stereocenters. The first-order valence-electron chi connectivity index (χ1n) is 11.3.